The Balaban J connectivity index is 1.66. The van der Waals surface area contributed by atoms with Gasteiger partial charge in [-0.3, -0.25) is 4.79 Å². The van der Waals surface area contributed by atoms with E-state index in [4.69, 9.17) is 0 Å². The maximum atomic E-state index is 12.7. The second kappa shape index (κ2) is 5.66. The largest absolute Gasteiger partial charge is 0.340 e. The van der Waals surface area contributed by atoms with Gasteiger partial charge in [-0.1, -0.05) is 12.2 Å². The topological polar surface area (TPSA) is 32.3 Å². The Morgan fingerprint density at radius 2 is 1.95 bits per heavy atom. The van der Waals surface area contributed by atoms with Crippen LogP contribution in [0.2, 0.25) is 0 Å². The number of allylic oxidation sites excluding steroid dienone is 2. The molecule has 2 saturated heterocycles. The zero-order chi connectivity index (χ0) is 13.2. The second-order valence-electron chi connectivity index (χ2n) is 6.37. The number of fused-ring (bicyclic) bond motifs is 2. The number of amides is 1. The molecule has 3 heteroatoms. The lowest BCUT2D eigenvalue weighted by molar-refractivity contribution is -0.138. The van der Waals surface area contributed by atoms with Gasteiger partial charge in [-0.25, -0.2) is 0 Å². The van der Waals surface area contributed by atoms with E-state index >= 15 is 0 Å². The smallest absolute Gasteiger partial charge is 0.226 e. The fourth-order valence-corrected chi connectivity index (χ4v) is 4.13. The van der Waals surface area contributed by atoms with Crippen molar-refractivity contribution in [1.82, 2.24) is 10.2 Å². The zero-order valence-corrected chi connectivity index (χ0v) is 12.0. The van der Waals surface area contributed by atoms with E-state index < -0.39 is 0 Å². The van der Waals surface area contributed by atoms with E-state index in [0.717, 1.165) is 25.8 Å². The van der Waals surface area contributed by atoms with Crippen molar-refractivity contribution >= 4 is 5.91 Å². The van der Waals surface area contributed by atoms with E-state index in [0.29, 0.717) is 24.0 Å². The lowest BCUT2D eigenvalue weighted by Crippen LogP contribution is -2.51. The molecule has 3 unspecified atom stereocenters. The summed E-state index contributed by atoms with van der Waals surface area (Å²) in [5, 5.41) is 3.67. The first kappa shape index (κ1) is 13.2. The summed E-state index contributed by atoms with van der Waals surface area (Å²) >= 11 is 0. The highest BCUT2D eigenvalue weighted by atomic mass is 16.2. The molecule has 2 fully saturated rings. The van der Waals surface area contributed by atoms with Crippen LogP contribution >= 0.6 is 0 Å². The summed E-state index contributed by atoms with van der Waals surface area (Å²) in [5.41, 5.74) is 0. The SMILES string of the molecule is CCN(C(=O)C1CC=CCC1)C1CC2CCC(C1)N2. The number of carbonyl (C=O) groups is 1. The van der Waals surface area contributed by atoms with Crippen LogP contribution in [0.3, 0.4) is 0 Å². The molecule has 1 aliphatic carbocycles. The van der Waals surface area contributed by atoms with Crippen LogP contribution in [0.1, 0.15) is 51.9 Å². The molecule has 0 aromatic heterocycles. The maximum Gasteiger partial charge on any atom is 0.226 e. The van der Waals surface area contributed by atoms with Crippen molar-refractivity contribution in [1.29, 1.82) is 0 Å². The van der Waals surface area contributed by atoms with Crippen LogP contribution in [0.5, 0.6) is 0 Å². The molecular formula is C16H26N2O. The van der Waals surface area contributed by atoms with Gasteiger partial charge in [0.05, 0.1) is 0 Å². The summed E-state index contributed by atoms with van der Waals surface area (Å²) in [6.07, 6.45) is 12.4. The van der Waals surface area contributed by atoms with Crippen molar-refractivity contribution < 1.29 is 4.79 Å². The van der Waals surface area contributed by atoms with E-state index in [9.17, 15) is 4.79 Å². The molecule has 3 nitrogen and oxygen atoms in total. The Morgan fingerprint density at radius 3 is 2.53 bits per heavy atom. The van der Waals surface area contributed by atoms with Gasteiger partial charge < -0.3 is 10.2 Å². The van der Waals surface area contributed by atoms with E-state index in [2.05, 4.69) is 29.3 Å². The number of nitrogens with one attached hydrogen (secondary N) is 1. The minimum Gasteiger partial charge on any atom is -0.340 e. The Hall–Kier alpha value is -0.830. The molecule has 19 heavy (non-hydrogen) atoms. The Morgan fingerprint density at radius 1 is 1.21 bits per heavy atom. The fraction of sp³-hybridized carbons (Fsp3) is 0.812. The lowest BCUT2D eigenvalue weighted by atomic mass is 9.91. The average Bonchev–Trinajstić information content (AvgIpc) is 2.79. The van der Waals surface area contributed by atoms with Crippen molar-refractivity contribution in [3.8, 4) is 0 Å². The highest BCUT2D eigenvalue weighted by Crippen LogP contribution is 2.31. The molecule has 0 spiro atoms. The van der Waals surface area contributed by atoms with Gasteiger partial charge in [0.15, 0.2) is 0 Å². The molecular weight excluding hydrogens is 236 g/mol. The van der Waals surface area contributed by atoms with Crippen LogP contribution in [-0.4, -0.2) is 35.5 Å². The normalized spacial score (nSPS) is 37.3. The molecule has 3 atom stereocenters. The summed E-state index contributed by atoms with van der Waals surface area (Å²) in [6.45, 7) is 3.02. The molecule has 2 heterocycles. The minimum absolute atomic E-state index is 0.248. The lowest BCUT2D eigenvalue weighted by Gasteiger charge is -2.39. The summed E-state index contributed by atoms with van der Waals surface area (Å²) in [5.74, 6) is 0.663. The number of rotatable bonds is 3. The van der Waals surface area contributed by atoms with Crippen LogP contribution in [0, 0.1) is 5.92 Å². The third-order valence-electron chi connectivity index (χ3n) is 5.13. The Kier molecular flexibility index (Phi) is 3.92. The predicted molar refractivity (Wildman–Crippen MR) is 76.8 cm³/mol. The van der Waals surface area contributed by atoms with Crippen molar-refractivity contribution in [2.45, 2.75) is 70.0 Å². The molecule has 0 aromatic carbocycles. The van der Waals surface area contributed by atoms with Crippen LogP contribution < -0.4 is 5.32 Å². The minimum atomic E-state index is 0.248. The molecule has 106 valence electrons. The molecule has 0 saturated carbocycles. The van der Waals surface area contributed by atoms with Gasteiger partial charge in [-0.2, -0.15) is 0 Å². The zero-order valence-electron chi connectivity index (χ0n) is 12.0. The number of piperidine rings is 1. The van der Waals surface area contributed by atoms with E-state index in [-0.39, 0.29) is 5.92 Å². The Labute approximate surface area is 116 Å². The third-order valence-corrected chi connectivity index (χ3v) is 5.13. The quantitative estimate of drug-likeness (QED) is 0.793. The third kappa shape index (κ3) is 2.71. The number of nitrogens with zero attached hydrogens (tertiary/aromatic N) is 1. The molecule has 0 radical (unpaired) electrons. The molecule has 3 aliphatic rings. The average molecular weight is 262 g/mol. The van der Waals surface area contributed by atoms with Crippen molar-refractivity contribution in [3.05, 3.63) is 12.2 Å². The summed E-state index contributed by atoms with van der Waals surface area (Å²) in [7, 11) is 0. The first-order chi connectivity index (χ1) is 9.28. The molecule has 2 bridgehead atoms. The first-order valence-electron chi connectivity index (χ1n) is 7.99. The van der Waals surface area contributed by atoms with Crippen molar-refractivity contribution in [3.63, 3.8) is 0 Å². The highest BCUT2D eigenvalue weighted by Gasteiger charge is 2.38. The van der Waals surface area contributed by atoms with Crippen LogP contribution in [-0.2, 0) is 4.79 Å². The Bertz CT molecular complexity index is 354. The molecule has 2 aliphatic heterocycles. The summed E-state index contributed by atoms with van der Waals surface area (Å²) in [4.78, 5) is 14.9. The van der Waals surface area contributed by atoms with Gasteiger partial charge in [-0.05, 0) is 51.9 Å². The fourth-order valence-electron chi connectivity index (χ4n) is 4.13. The van der Waals surface area contributed by atoms with Gasteiger partial charge in [0.1, 0.15) is 0 Å². The van der Waals surface area contributed by atoms with E-state index in [1.54, 1.807) is 0 Å². The number of hydrogen-bond acceptors (Lipinski definition) is 2. The maximum absolute atomic E-state index is 12.7. The van der Waals surface area contributed by atoms with Gasteiger partial charge in [0.2, 0.25) is 5.91 Å². The van der Waals surface area contributed by atoms with Crippen LogP contribution in [0.25, 0.3) is 0 Å². The molecule has 3 rings (SSSR count). The van der Waals surface area contributed by atoms with E-state index in [1.165, 1.54) is 25.7 Å². The summed E-state index contributed by atoms with van der Waals surface area (Å²) in [6, 6.07) is 1.82. The number of carbonyl (C=O) groups excluding carboxylic acids is 1. The van der Waals surface area contributed by atoms with Gasteiger partial charge in [-0.15, -0.1) is 0 Å². The van der Waals surface area contributed by atoms with E-state index in [1.807, 2.05) is 0 Å². The number of hydrogen-bond donors (Lipinski definition) is 1. The van der Waals surface area contributed by atoms with Gasteiger partial charge in [0, 0.05) is 30.6 Å². The van der Waals surface area contributed by atoms with Gasteiger partial charge in [0.25, 0.3) is 0 Å². The first-order valence-corrected chi connectivity index (χ1v) is 7.99. The van der Waals surface area contributed by atoms with Crippen LogP contribution in [0.4, 0.5) is 0 Å². The van der Waals surface area contributed by atoms with Crippen molar-refractivity contribution in [2.24, 2.45) is 5.92 Å². The van der Waals surface area contributed by atoms with Crippen LogP contribution in [0.15, 0.2) is 12.2 Å². The standard InChI is InChI=1S/C16H26N2O/c1-2-18(16(19)12-6-4-3-5-7-12)15-10-13-8-9-14(11-15)17-13/h3-4,12-15,17H,2,5-11H2,1H3. The predicted octanol–water partition coefficient (Wildman–Crippen LogP) is 2.47. The second-order valence-corrected chi connectivity index (χ2v) is 6.37. The monoisotopic (exact) mass is 262 g/mol. The molecule has 1 amide bonds. The highest BCUT2D eigenvalue weighted by molar-refractivity contribution is 5.79. The van der Waals surface area contributed by atoms with Gasteiger partial charge >= 0.3 is 0 Å². The summed E-state index contributed by atoms with van der Waals surface area (Å²) < 4.78 is 0. The van der Waals surface area contributed by atoms with Crippen molar-refractivity contribution in [2.75, 3.05) is 6.54 Å². The molecule has 1 N–H and O–H groups in total. The molecule has 0 aromatic rings.